The molecule has 4 atom stereocenters. The first-order valence-electron chi connectivity index (χ1n) is 10.6. The molecule has 4 heteroatoms. The van der Waals surface area contributed by atoms with Gasteiger partial charge in [-0.2, -0.15) is 0 Å². The van der Waals surface area contributed by atoms with Crippen LogP contribution in [0.2, 0.25) is 0 Å². The lowest BCUT2D eigenvalue weighted by atomic mass is 9.74. The number of fused-ring (bicyclic) bond motifs is 1. The predicted molar refractivity (Wildman–Crippen MR) is 111 cm³/mol. The lowest BCUT2D eigenvalue weighted by Gasteiger charge is -2.44. The quantitative estimate of drug-likeness (QED) is 0.777. The van der Waals surface area contributed by atoms with Crippen LogP contribution >= 0.6 is 0 Å². The van der Waals surface area contributed by atoms with Crippen molar-refractivity contribution in [2.45, 2.75) is 50.7 Å². The summed E-state index contributed by atoms with van der Waals surface area (Å²) in [6, 6.07) is 16.1. The van der Waals surface area contributed by atoms with Crippen LogP contribution < -0.4 is 15.4 Å². The Labute approximate surface area is 167 Å². The van der Waals surface area contributed by atoms with E-state index < -0.39 is 0 Å². The first-order chi connectivity index (χ1) is 13.8. The molecule has 0 bridgehead atoms. The van der Waals surface area contributed by atoms with Crippen molar-refractivity contribution in [3.05, 3.63) is 65.5 Å². The molecule has 28 heavy (non-hydrogen) atoms. The Bertz CT molecular complexity index is 766. The summed E-state index contributed by atoms with van der Waals surface area (Å²) < 4.78 is 19.3. The van der Waals surface area contributed by atoms with E-state index in [1.807, 2.05) is 0 Å². The topological polar surface area (TPSA) is 33.3 Å². The zero-order chi connectivity index (χ0) is 19.3. The highest BCUT2D eigenvalue weighted by molar-refractivity contribution is 5.34. The van der Waals surface area contributed by atoms with Gasteiger partial charge in [0.15, 0.2) is 0 Å². The van der Waals surface area contributed by atoms with Crippen LogP contribution in [-0.2, 0) is 6.54 Å². The van der Waals surface area contributed by atoms with Crippen LogP contribution in [-0.4, -0.2) is 19.7 Å². The Hall–Kier alpha value is -1.91. The molecule has 4 rings (SSSR count). The maximum Gasteiger partial charge on any atom is 0.123 e. The number of rotatable bonds is 5. The Kier molecular flexibility index (Phi) is 6.28. The van der Waals surface area contributed by atoms with Crippen LogP contribution in [0.3, 0.4) is 0 Å². The van der Waals surface area contributed by atoms with Gasteiger partial charge in [0.05, 0.1) is 7.11 Å². The summed E-state index contributed by atoms with van der Waals surface area (Å²) in [4.78, 5) is 0. The van der Waals surface area contributed by atoms with E-state index in [0.717, 1.165) is 23.8 Å². The summed E-state index contributed by atoms with van der Waals surface area (Å²) in [5, 5.41) is 7.63. The first kappa shape index (κ1) is 19.4. The molecule has 3 nitrogen and oxygen atoms in total. The average molecular weight is 383 g/mol. The number of piperidine rings is 1. The monoisotopic (exact) mass is 382 g/mol. The molecule has 2 aliphatic rings. The lowest BCUT2D eigenvalue weighted by Crippen LogP contribution is -2.54. The lowest BCUT2D eigenvalue weighted by molar-refractivity contribution is 0.138. The molecule has 0 radical (unpaired) electrons. The molecular weight excluding hydrogens is 351 g/mol. The van der Waals surface area contributed by atoms with Gasteiger partial charge in [-0.1, -0.05) is 49.6 Å². The zero-order valence-corrected chi connectivity index (χ0v) is 16.7. The van der Waals surface area contributed by atoms with Gasteiger partial charge in [-0.25, -0.2) is 4.39 Å². The maximum atomic E-state index is 13.8. The molecule has 4 unspecified atom stereocenters. The minimum absolute atomic E-state index is 0.216. The molecule has 1 heterocycles. The molecule has 1 aliphatic heterocycles. The minimum atomic E-state index is -0.216. The molecule has 2 fully saturated rings. The third kappa shape index (κ3) is 4.23. The predicted octanol–water partition coefficient (Wildman–Crippen LogP) is 4.83. The Balaban J connectivity index is 1.59. The highest BCUT2D eigenvalue weighted by Gasteiger charge is 2.39. The van der Waals surface area contributed by atoms with Crippen molar-refractivity contribution in [1.82, 2.24) is 10.6 Å². The summed E-state index contributed by atoms with van der Waals surface area (Å²) in [7, 11) is 1.65. The van der Waals surface area contributed by atoms with Gasteiger partial charge in [0, 0.05) is 24.2 Å². The number of methoxy groups -OCH3 is 1. The van der Waals surface area contributed by atoms with Gasteiger partial charge in [0.25, 0.3) is 0 Å². The van der Waals surface area contributed by atoms with Crippen molar-refractivity contribution in [3.63, 3.8) is 0 Å². The van der Waals surface area contributed by atoms with Crippen molar-refractivity contribution in [2.24, 2.45) is 11.8 Å². The smallest absolute Gasteiger partial charge is 0.123 e. The Morgan fingerprint density at radius 3 is 2.71 bits per heavy atom. The average Bonchev–Trinajstić information content (AvgIpc) is 2.98. The van der Waals surface area contributed by atoms with Crippen LogP contribution in [0.4, 0.5) is 4.39 Å². The van der Waals surface area contributed by atoms with Crippen LogP contribution in [0.15, 0.2) is 48.5 Å². The van der Waals surface area contributed by atoms with Gasteiger partial charge in [0.2, 0.25) is 0 Å². The standard InChI is InChI=1S/C24H31FN2O/c1-28-22-13-12-20(25)14-19(22)16-27-24-21-11-7-3-6-10-18(21)15-26-23(24)17-8-4-2-5-9-17/h2,4-5,8-9,12-14,18,21,23-24,26-27H,3,6-7,10-11,15-16H2,1H3. The van der Waals surface area contributed by atoms with E-state index in [4.69, 9.17) is 4.74 Å². The Morgan fingerprint density at radius 1 is 1.07 bits per heavy atom. The van der Waals surface area contributed by atoms with Crippen molar-refractivity contribution in [1.29, 1.82) is 0 Å². The van der Waals surface area contributed by atoms with Crippen molar-refractivity contribution >= 4 is 0 Å². The van der Waals surface area contributed by atoms with E-state index in [9.17, 15) is 4.39 Å². The molecule has 2 aromatic rings. The molecule has 2 aromatic carbocycles. The number of hydrogen-bond acceptors (Lipinski definition) is 3. The van der Waals surface area contributed by atoms with Crippen molar-refractivity contribution in [3.8, 4) is 5.75 Å². The molecule has 0 amide bonds. The molecule has 1 aliphatic carbocycles. The summed E-state index contributed by atoms with van der Waals surface area (Å²) >= 11 is 0. The summed E-state index contributed by atoms with van der Waals surface area (Å²) in [5.41, 5.74) is 2.21. The molecule has 0 spiro atoms. The third-order valence-electron chi connectivity index (χ3n) is 6.57. The largest absolute Gasteiger partial charge is 0.496 e. The van der Waals surface area contributed by atoms with Gasteiger partial charge in [-0.3, -0.25) is 0 Å². The fraction of sp³-hybridized carbons (Fsp3) is 0.500. The van der Waals surface area contributed by atoms with Gasteiger partial charge in [-0.05, 0) is 55.0 Å². The zero-order valence-electron chi connectivity index (χ0n) is 16.7. The summed E-state index contributed by atoms with van der Waals surface area (Å²) in [6.07, 6.45) is 6.56. The molecule has 2 N–H and O–H groups in total. The molecule has 0 aromatic heterocycles. The SMILES string of the molecule is COc1ccc(F)cc1CNC1C(c2ccccc2)NCC2CCCCCC21. The van der Waals surface area contributed by atoms with E-state index in [1.165, 1.54) is 43.7 Å². The Morgan fingerprint density at radius 2 is 1.89 bits per heavy atom. The van der Waals surface area contributed by atoms with Crippen molar-refractivity contribution < 1.29 is 9.13 Å². The van der Waals surface area contributed by atoms with Crippen molar-refractivity contribution in [2.75, 3.05) is 13.7 Å². The normalized spacial score (nSPS) is 27.6. The fourth-order valence-corrected chi connectivity index (χ4v) is 5.16. The molecule has 150 valence electrons. The highest BCUT2D eigenvalue weighted by Crippen LogP contribution is 2.39. The second kappa shape index (κ2) is 9.06. The van der Waals surface area contributed by atoms with E-state index >= 15 is 0 Å². The first-order valence-corrected chi connectivity index (χ1v) is 10.6. The number of benzene rings is 2. The number of hydrogen-bond donors (Lipinski definition) is 2. The van der Waals surface area contributed by atoms with Gasteiger partial charge in [-0.15, -0.1) is 0 Å². The third-order valence-corrected chi connectivity index (χ3v) is 6.57. The molecule has 1 saturated heterocycles. The van der Waals surface area contributed by atoms with Crippen LogP contribution in [0.1, 0.15) is 49.3 Å². The van der Waals surface area contributed by atoms with Gasteiger partial charge < -0.3 is 15.4 Å². The number of halogens is 1. The maximum absolute atomic E-state index is 13.8. The second-order valence-electron chi connectivity index (χ2n) is 8.22. The van der Waals surface area contributed by atoms with Gasteiger partial charge >= 0.3 is 0 Å². The minimum Gasteiger partial charge on any atom is -0.496 e. The van der Waals surface area contributed by atoms with E-state index in [0.29, 0.717) is 18.5 Å². The van der Waals surface area contributed by atoms with Crippen LogP contribution in [0.25, 0.3) is 0 Å². The van der Waals surface area contributed by atoms with Crippen LogP contribution in [0, 0.1) is 17.7 Å². The van der Waals surface area contributed by atoms with E-state index in [1.54, 1.807) is 19.2 Å². The summed E-state index contributed by atoms with van der Waals surface area (Å²) in [6.45, 7) is 1.70. The second-order valence-corrected chi connectivity index (χ2v) is 8.22. The molecule has 1 saturated carbocycles. The highest BCUT2D eigenvalue weighted by atomic mass is 19.1. The fourth-order valence-electron chi connectivity index (χ4n) is 5.16. The van der Waals surface area contributed by atoms with Crippen LogP contribution in [0.5, 0.6) is 5.75 Å². The number of ether oxygens (including phenoxy) is 1. The molecular formula is C24H31FN2O. The number of nitrogens with one attached hydrogen (secondary N) is 2. The van der Waals surface area contributed by atoms with Gasteiger partial charge in [0.1, 0.15) is 11.6 Å². The summed E-state index contributed by atoms with van der Waals surface area (Å²) in [5.74, 6) is 1.89. The van der Waals surface area contributed by atoms with E-state index in [-0.39, 0.29) is 11.9 Å². The van der Waals surface area contributed by atoms with E-state index in [2.05, 4.69) is 41.0 Å².